The van der Waals surface area contributed by atoms with Gasteiger partial charge in [-0.05, 0) is 38.2 Å². The van der Waals surface area contributed by atoms with Crippen molar-refractivity contribution in [3.8, 4) is 0 Å². The van der Waals surface area contributed by atoms with Crippen LogP contribution in [-0.4, -0.2) is 39.2 Å². The van der Waals surface area contributed by atoms with Gasteiger partial charge in [0.1, 0.15) is 5.82 Å². The monoisotopic (exact) mass is 315 g/mol. The van der Waals surface area contributed by atoms with Gasteiger partial charge >= 0.3 is 0 Å². The van der Waals surface area contributed by atoms with Crippen LogP contribution in [0.4, 0.5) is 0 Å². The van der Waals surface area contributed by atoms with Crippen LogP contribution in [0.3, 0.4) is 0 Å². The van der Waals surface area contributed by atoms with E-state index in [2.05, 4.69) is 9.55 Å². The van der Waals surface area contributed by atoms with Gasteiger partial charge in [0.05, 0.1) is 11.6 Å². The predicted molar refractivity (Wildman–Crippen MR) is 89.2 cm³/mol. The SMILES string of the molecule is CSc1ccccc1C(=O)N1CCCC1Cn1ccnc1C. The van der Waals surface area contributed by atoms with Gasteiger partial charge in [0.25, 0.3) is 5.91 Å². The third-order valence-electron chi connectivity index (χ3n) is 4.31. The van der Waals surface area contributed by atoms with E-state index in [4.69, 9.17) is 0 Å². The van der Waals surface area contributed by atoms with Crippen LogP contribution in [0.5, 0.6) is 0 Å². The Morgan fingerprint density at radius 2 is 2.23 bits per heavy atom. The summed E-state index contributed by atoms with van der Waals surface area (Å²) >= 11 is 1.63. The molecule has 1 saturated heterocycles. The molecule has 1 aromatic carbocycles. The first-order chi connectivity index (χ1) is 10.7. The number of hydrogen-bond donors (Lipinski definition) is 0. The lowest BCUT2D eigenvalue weighted by molar-refractivity contribution is 0.0720. The summed E-state index contributed by atoms with van der Waals surface area (Å²) in [6.45, 7) is 3.68. The molecule has 3 rings (SSSR count). The second-order valence-electron chi connectivity index (χ2n) is 5.62. The minimum absolute atomic E-state index is 0.158. The molecule has 2 heterocycles. The third-order valence-corrected chi connectivity index (χ3v) is 5.10. The summed E-state index contributed by atoms with van der Waals surface area (Å²) in [6, 6.07) is 8.14. The molecule has 0 radical (unpaired) electrons. The normalized spacial score (nSPS) is 17.9. The molecule has 4 nitrogen and oxygen atoms in total. The number of hydrogen-bond acceptors (Lipinski definition) is 3. The second kappa shape index (κ2) is 6.57. The Bertz CT molecular complexity index is 667. The molecule has 0 N–H and O–H groups in total. The summed E-state index contributed by atoms with van der Waals surface area (Å²) in [6.07, 6.45) is 7.96. The van der Waals surface area contributed by atoms with E-state index in [1.807, 2.05) is 54.7 Å². The minimum atomic E-state index is 0.158. The van der Waals surface area contributed by atoms with Crippen LogP contribution in [0.15, 0.2) is 41.6 Å². The molecule has 1 amide bonds. The zero-order valence-electron chi connectivity index (χ0n) is 13.0. The fraction of sp³-hybridized carbons (Fsp3) is 0.412. The third kappa shape index (κ3) is 2.90. The molecule has 0 spiro atoms. The van der Waals surface area contributed by atoms with E-state index in [0.29, 0.717) is 0 Å². The van der Waals surface area contributed by atoms with Gasteiger partial charge in [-0.2, -0.15) is 0 Å². The zero-order chi connectivity index (χ0) is 15.5. The first-order valence-corrected chi connectivity index (χ1v) is 8.85. The molecule has 0 saturated carbocycles. The summed E-state index contributed by atoms with van der Waals surface area (Å²) in [5, 5.41) is 0. The number of aromatic nitrogens is 2. The molecule has 0 aliphatic carbocycles. The molecular weight excluding hydrogens is 294 g/mol. The number of imidazole rings is 1. The summed E-state index contributed by atoms with van der Waals surface area (Å²) in [4.78, 5) is 20.3. The molecule has 1 fully saturated rings. The molecule has 1 atom stereocenters. The lowest BCUT2D eigenvalue weighted by Gasteiger charge is -2.26. The van der Waals surface area contributed by atoms with Gasteiger partial charge in [-0.25, -0.2) is 4.98 Å². The molecule has 5 heteroatoms. The van der Waals surface area contributed by atoms with E-state index in [0.717, 1.165) is 42.2 Å². The lowest BCUT2D eigenvalue weighted by Crippen LogP contribution is -2.38. The summed E-state index contributed by atoms with van der Waals surface area (Å²) in [7, 11) is 0. The number of aryl methyl sites for hydroxylation is 1. The average molecular weight is 315 g/mol. The molecule has 1 aromatic heterocycles. The Balaban J connectivity index is 1.80. The first-order valence-electron chi connectivity index (χ1n) is 7.62. The minimum Gasteiger partial charge on any atom is -0.334 e. The van der Waals surface area contributed by atoms with Crippen molar-refractivity contribution in [1.82, 2.24) is 14.5 Å². The Morgan fingerprint density at radius 1 is 1.41 bits per heavy atom. The number of rotatable bonds is 4. The van der Waals surface area contributed by atoms with Crippen molar-refractivity contribution >= 4 is 17.7 Å². The van der Waals surface area contributed by atoms with Crippen LogP contribution in [-0.2, 0) is 6.54 Å². The number of likely N-dealkylation sites (tertiary alicyclic amines) is 1. The Hall–Kier alpha value is -1.75. The van der Waals surface area contributed by atoms with Crippen molar-refractivity contribution in [2.45, 2.75) is 37.2 Å². The number of nitrogens with zero attached hydrogens (tertiary/aromatic N) is 3. The van der Waals surface area contributed by atoms with E-state index >= 15 is 0 Å². The fourth-order valence-electron chi connectivity index (χ4n) is 3.09. The van der Waals surface area contributed by atoms with E-state index in [-0.39, 0.29) is 11.9 Å². The van der Waals surface area contributed by atoms with E-state index < -0.39 is 0 Å². The van der Waals surface area contributed by atoms with Crippen molar-refractivity contribution in [2.24, 2.45) is 0 Å². The molecule has 2 aromatic rings. The van der Waals surface area contributed by atoms with Gasteiger partial charge in [0, 0.05) is 30.4 Å². The van der Waals surface area contributed by atoms with Crippen LogP contribution in [0.1, 0.15) is 29.0 Å². The number of carbonyl (C=O) groups excluding carboxylic acids is 1. The largest absolute Gasteiger partial charge is 0.334 e. The van der Waals surface area contributed by atoms with Gasteiger partial charge in [0.15, 0.2) is 0 Å². The Kier molecular flexibility index (Phi) is 4.52. The van der Waals surface area contributed by atoms with Crippen molar-refractivity contribution in [1.29, 1.82) is 0 Å². The van der Waals surface area contributed by atoms with Gasteiger partial charge in [0.2, 0.25) is 0 Å². The average Bonchev–Trinajstić information content (AvgIpc) is 3.16. The standard InChI is InChI=1S/C17H21N3OS/c1-13-18-9-11-19(13)12-14-6-5-10-20(14)17(21)15-7-3-4-8-16(15)22-2/h3-4,7-9,11,14H,5-6,10,12H2,1-2H3. The smallest absolute Gasteiger partial charge is 0.255 e. The van der Waals surface area contributed by atoms with Crippen molar-refractivity contribution < 1.29 is 4.79 Å². The fourth-order valence-corrected chi connectivity index (χ4v) is 3.68. The van der Waals surface area contributed by atoms with E-state index in [1.54, 1.807) is 11.8 Å². The van der Waals surface area contributed by atoms with Crippen LogP contribution >= 0.6 is 11.8 Å². The molecule has 1 aliphatic rings. The van der Waals surface area contributed by atoms with Crippen LogP contribution < -0.4 is 0 Å². The van der Waals surface area contributed by atoms with E-state index in [1.165, 1.54) is 0 Å². The Morgan fingerprint density at radius 3 is 2.95 bits per heavy atom. The number of amides is 1. The number of benzene rings is 1. The topological polar surface area (TPSA) is 38.1 Å². The quantitative estimate of drug-likeness (QED) is 0.813. The molecular formula is C17H21N3OS. The maximum atomic E-state index is 12.9. The zero-order valence-corrected chi connectivity index (χ0v) is 13.8. The number of thioether (sulfide) groups is 1. The van der Waals surface area contributed by atoms with Crippen LogP contribution in [0.2, 0.25) is 0 Å². The molecule has 116 valence electrons. The highest BCUT2D eigenvalue weighted by atomic mass is 32.2. The van der Waals surface area contributed by atoms with Crippen molar-refractivity contribution in [3.63, 3.8) is 0 Å². The van der Waals surface area contributed by atoms with E-state index in [9.17, 15) is 4.79 Å². The number of carbonyl (C=O) groups is 1. The lowest BCUT2D eigenvalue weighted by atomic mass is 10.1. The van der Waals surface area contributed by atoms with Crippen molar-refractivity contribution in [3.05, 3.63) is 48.0 Å². The highest BCUT2D eigenvalue weighted by Crippen LogP contribution is 2.26. The predicted octanol–water partition coefficient (Wildman–Crippen LogP) is 3.22. The summed E-state index contributed by atoms with van der Waals surface area (Å²) in [5.74, 6) is 1.16. The summed E-state index contributed by atoms with van der Waals surface area (Å²) in [5.41, 5.74) is 0.823. The second-order valence-corrected chi connectivity index (χ2v) is 6.47. The van der Waals surface area contributed by atoms with Crippen LogP contribution in [0.25, 0.3) is 0 Å². The molecule has 22 heavy (non-hydrogen) atoms. The van der Waals surface area contributed by atoms with Gasteiger partial charge in [-0.15, -0.1) is 11.8 Å². The maximum Gasteiger partial charge on any atom is 0.255 e. The van der Waals surface area contributed by atoms with Crippen molar-refractivity contribution in [2.75, 3.05) is 12.8 Å². The van der Waals surface area contributed by atoms with Gasteiger partial charge in [-0.3, -0.25) is 4.79 Å². The van der Waals surface area contributed by atoms with Gasteiger partial charge < -0.3 is 9.47 Å². The highest BCUT2D eigenvalue weighted by Gasteiger charge is 2.30. The molecule has 1 unspecified atom stereocenters. The first kappa shape index (κ1) is 15.2. The highest BCUT2D eigenvalue weighted by molar-refractivity contribution is 7.98. The van der Waals surface area contributed by atoms with Gasteiger partial charge in [-0.1, -0.05) is 12.1 Å². The maximum absolute atomic E-state index is 12.9. The Labute approximate surface area is 135 Å². The molecule has 0 bridgehead atoms. The van der Waals surface area contributed by atoms with Crippen LogP contribution in [0, 0.1) is 6.92 Å². The molecule has 1 aliphatic heterocycles. The summed E-state index contributed by atoms with van der Waals surface area (Å²) < 4.78 is 2.14.